The fraction of sp³-hybridized carbons (Fsp3) is 0.333. The quantitative estimate of drug-likeness (QED) is 0.812. The molecular formula is C15H17ClN2O3. The van der Waals surface area contributed by atoms with Crippen LogP contribution in [0.4, 0.5) is 5.69 Å². The van der Waals surface area contributed by atoms with Crippen molar-refractivity contribution in [2.45, 2.75) is 6.92 Å². The van der Waals surface area contributed by atoms with Crippen LogP contribution in [-0.2, 0) is 4.74 Å². The van der Waals surface area contributed by atoms with Crippen molar-refractivity contribution >= 4 is 34.2 Å². The molecule has 0 unspecified atom stereocenters. The van der Waals surface area contributed by atoms with E-state index in [0.717, 1.165) is 0 Å². The SMILES string of the molecule is CCOC(=O)c1cnc2c(OC)ccc(Cl)c2c1N(C)C. The lowest BCUT2D eigenvalue weighted by Crippen LogP contribution is -2.17. The number of nitrogens with zero attached hydrogens (tertiary/aromatic N) is 2. The highest BCUT2D eigenvalue weighted by molar-refractivity contribution is 6.37. The summed E-state index contributed by atoms with van der Waals surface area (Å²) in [5, 5.41) is 1.18. The maximum Gasteiger partial charge on any atom is 0.341 e. The van der Waals surface area contributed by atoms with E-state index in [1.807, 2.05) is 19.0 Å². The average molecular weight is 309 g/mol. The third-order valence-electron chi connectivity index (χ3n) is 3.07. The van der Waals surface area contributed by atoms with Crippen molar-refractivity contribution in [3.05, 3.63) is 28.9 Å². The lowest BCUT2D eigenvalue weighted by Gasteiger charge is -2.20. The van der Waals surface area contributed by atoms with E-state index >= 15 is 0 Å². The van der Waals surface area contributed by atoms with E-state index in [1.165, 1.54) is 6.20 Å². The topological polar surface area (TPSA) is 51.7 Å². The largest absolute Gasteiger partial charge is 0.494 e. The maximum atomic E-state index is 12.1. The first-order valence-electron chi connectivity index (χ1n) is 6.50. The van der Waals surface area contributed by atoms with Crippen molar-refractivity contribution in [1.82, 2.24) is 4.98 Å². The highest BCUT2D eigenvalue weighted by atomic mass is 35.5. The first-order valence-corrected chi connectivity index (χ1v) is 6.88. The second-order valence-corrected chi connectivity index (χ2v) is 5.02. The predicted molar refractivity (Wildman–Crippen MR) is 83.6 cm³/mol. The first-order chi connectivity index (χ1) is 10.0. The number of fused-ring (bicyclic) bond motifs is 1. The van der Waals surface area contributed by atoms with Gasteiger partial charge in [0.15, 0.2) is 0 Å². The van der Waals surface area contributed by atoms with Gasteiger partial charge < -0.3 is 14.4 Å². The molecule has 0 N–H and O–H groups in total. The van der Waals surface area contributed by atoms with Crippen LogP contribution in [0.15, 0.2) is 18.3 Å². The Morgan fingerprint density at radius 3 is 2.67 bits per heavy atom. The van der Waals surface area contributed by atoms with Gasteiger partial charge in [0.1, 0.15) is 16.8 Å². The molecule has 0 saturated carbocycles. The van der Waals surface area contributed by atoms with Gasteiger partial charge in [-0.3, -0.25) is 4.98 Å². The molecule has 1 aromatic carbocycles. The zero-order chi connectivity index (χ0) is 15.6. The first kappa shape index (κ1) is 15.4. The summed E-state index contributed by atoms with van der Waals surface area (Å²) in [5.41, 5.74) is 1.66. The zero-order valence-corrected chi connectivity index (χ0v) is 13.2. The monoisotopic (exact) mass is 308 g/mol. The standard InChI is InChI=1S/C15H17ClN2O3/c1-5-21-15(19)9-8-17-13-11(20-4)7-6-10(16)12(13)14(9)18(2)3/h6-8H,5H2,1-4H3. The van der Waals surface area contributed by atoms with E-state index in [2.05, 4.69) is 4.98 Å². The van der Waals surface area contributed by atoms with Crippen molar-refractivity contribution in [3.8, 4) is 5.75 Å². The third kappa shape index (κ3) is 2.74. The van der Waals surface area contributed by atoms with Gasteiger partial charge in [0, 0.05) is 25.7 Å². The molecule has 0 fully saturated rings. The summed E-state index contributed by atoms with van der Waals surface area (Å²) in [5.74, 6) is 0.183. The molecule has 0 aliphatic heterocycles. The van der Waals surface area contributed by atoms with Gasteiger partial charge in [-0.15, -0.1) is 0 Å². The Kier molecular flexibility index (Phi) is 4.53. The number of halogens is 1. The van der Waals surface area contributed by atoms with Crippen LogP contribution in [-0.4, -0.2) is 38.8 Å². The Balaban J connectivity index is 2.82. The number of ether oxygens (including phenoxy) is 2. The molecule has 2 rings (SSSR count). The molecule has 2 aromatic rings. The number of anilines is 1. The lowest BCUT2D eigenvalue weighted by atomic mass is 10.1. The molecule has 0 bridgehead atoms. The molecule has 1 heterocycles. The second-order valence-electron chi connectivity index (χ2n) is 4.61. The van der Waals surface area contributed by atoms with E-state index in [9.17, 15) is 4.79 Å². The number of rotatable bonds is 4. The number of hydrogen-bond acceptors (Lipinski definition) is 5. The Morgan fingerprint density at radius 2 is 2.10 bits per heavy atom. The van der Waals surface area contributed by atoms with Crippen molar-refractivity contribution in [3.63, 3.8) is 0 Å². The molecule has 1 aromatic heterocycles. The average Bonchev–Trinajstić information content (AvgIpc) is 2.46. The van der Waals surface area contributed by atoms with Gasteiger partial charge in [-0.25, -0.2) is 4.79 Å². The molecule has 0 spiro atoms. The minimum absolute atomic E-state index is 0.301. The summed E-state index contributed by atoms with van der Waals surface area (Å²) in [4.78, 5) is 18.3. The summed E-state index contributed by atoms with van der Waals surface area (Å²) >= 11 is 6.31. The summed E-state index contributed by atoms with van der Waals surface area (Å²) in [6.07, 6.45) is 1.49. The summed E-state index contributed by atoms with van der Waals surface area (Å²) < 4.78 is 10.4. The highest BCUT2D eigenvalue weighted by Gasteiger charge is 2.21. The van der Waals surface area contributed by atoms with Crippen LogP contribution in [0, 0.1) is 0 Å². The molecule has 0 aliphatic rings. The summed E-state index contributed by atoms with van der Waals surface area (Å²) in [6.45, 7) is 2.06. The predicted octanol–water partition coefficient (Wildman–Crippen LogP) is 3.14. The number of methoxy groups -OCH3 is 1. The van der Waals surface area contributed by atoms with Crippen LogP contribution in [0.5, 0.6) is 5.75 Å². The number of benzene rings is 1. The van der Waals surface area contributed by atoms with Crippen molar-refractivity contribution in [1.29, 1.82) is 0 Å². The van der Waals surface area contributed by atoms with Gasteiger partial charge >= 0.3 is 5.97 Å². The van der Waals surface area contributed by atoms with Crippen LogP contribution in [0.25, 0.3) is 10.9 Å². The maximum absolute atomic E-state index is 12.1. The van der Waals surface area contributed by atoms with E-state index < -0.39 is 5.97 Å². The number of pyridine rings is 1. The Bertz CT molecular complexity index is 686. The van der Waals surface area contributed by atoms with Gasteiger partial charge in [-0.2, -0.15) is 0 Å². The molecular weight excluding hydrogens is 292 g/mol. The van der Waals surface area contributed by atoms with Crippen molar-refractivity contribution in [2.75, 3.05) is 32.7 Å². The van der Waals surface area contributed by atoms with E-state index in [4.69, 9.17) is 21.1 Å². The number of hydrogen-bond donors (Lipinski definition) is 0. The molecule has 0 amide bonds. The lowest BCUT2D eigenvalue weighted by molar-refractivity contribution is 0.0527. The molecule has 0 radical (unpaired) electrons. The second kappa shape index (κ2) is 6.18. The van der Waals surface area contributed by atoms with Crippen molar-refractivity contribution < 1.29 is 14.3 Å². The van der Waals surface area contributed by atoms with Gasteiger partial charge in [0.25, 0.3) is 0 Å². The van der Waals surface area contributed by atoms with Crippen LogP contribution in [0.1, 0.15) is 17.3 Å². The van der Waals surface area contributed by atoms with Crippen LogP contribution >= 0.6 is 11.6 Å². The molecule has 0 aliphatic carbocycles. The van der Waals surface area contributed by atoms with Gasteiger partial charge in [-0.05, 0) is 19.1 Å². The number of esters is 1. The Morgan fingerprint density at radius 1 is 1.38 bits per heavy atom. The van der Waals surface area contributed by atoms with Gasteiger partial charge in [0.2, 0.25) is 0 Å². The van der Waals surface area contributed by atoms with Crippen LogP contribution in [0.2, 0.25) is 5.02 Å². The Labute approximate surface area is 128 Å². The number of aromatic nitrogens is 1. The van der Waals surface area contributed by atoms with E-state index in [0.29, 0.717) is 39.5 Å². The van der Waals surface area contributed by atoms with Crippen molar-refractivity contribution in [2.24, 2.45) is 0 Å². The molecule has 0 atom stereocenters. The zero-order valence-electron chi connectivity index (χ0n) is 12.4. The highest BCUT2D eigenvalue weighted by Crippen LogP contribution is 2.38. The molecule has 21 heavy (non-hydrogen) atoms. The molecule has 6 heteroatoms. The van der Waals surface area contributed by atoms with Crippen LogP contribution in [0.3, 0.4) is 0 Å². The van der Waals surface area contributed by atoms with Gasteiger partial charge in [0.05, 0.1) is 24.4 Å². The smallest absolute Gasteiger partial charge is 0.341 e. The number of carbonyl (C=O) groups is 1. The van der Waals surface area contributed by atoms with E-state index in [-0.39, 0.29) is 0 Å². The Hall–Kier alpha value is -2.01. The van der Waals surface area contributed by atoms with Gasteiger partial charge in [-0.1, -0.05) is 11.6 Å². The molecule has 5 nitrogen and oxygen atoms in total. The molecule has 112 valence electrons. The summed E-state index contributed by atoms with van der Waals surface area (Å²) in [7, 11) is 5.25. The fourth-order valence-corrected chi connectivity index (χ4v) is 2.46. The number of carbonyl (C=O) groups excluding carboxylic acids is 1. The third-order valence-corrected chi connectivity index (χ3v) is 3.38. The fourth-order valence-electron chi connectivity index (χ4n) is 2.21. The molecule has 0 saturated heterocycles. The van der Waals surface area contributed by atoms with Crippen LogP contribution < -0.4 is 9.64 Å². The normalized spacial score (nSPS) is 10.5. The van der Waals surface area contributed by atoms with E-state index in [1.54, 1.807) is 26.2 Å². The minimum Gasteiger partial charge on any atom is -0.494 e. The minimum atomic E-state index is -0.422. The summed E-state index contributed by atoms with van der Waals surface area (Å²) in [6, 6.07) is 3.48.